The second-order valence-corrected chi connectivity index (χ2v) is 7.82. The van der Waals surface area contributed by atoms with Gasteiger partial charge in [0.25, 0.3) is 0 Å². The number of rotatable bonds is 2. The number of likely N-dealkylation sites (N-methyl/N-ethyl adjacent to an activating group) is 1. The third-order valence-corrected chi connectivity index (χ3v) is 6.41. The lowest BCUT2D eigenvalue weighted by molar-refractivity contribution is 0.154. The number of fused-ring (bicyclic) bond motifs is 1. The molecular formula is C20H24N6O. The average Bonchev–Trinajstić information content (AvgIpc) is 3.30. The zero-order chi connectivity index (χ0) is 18.4. The van der Waals surface area contributed by atoms with E-state index in [0.29, 0.717) is 0 Å². The highest BCUT2D eigenvalue weighted by atomic mass is 16.2. The van der Waals surface area contributed by atoms with Gasteiger partial charge < -0.3 is 15.1 Å². The first-order chi connectivity index (χ1) is 13.2. The number of aryl methyl sites for hydroxylation is 1. The van der Waals surface area contributed by atoms with E-state index in [0.717, 1.165) is 68.9 Å². The standard InChI is InChI=1S/C20H24N6O/c1-25-19(27)22-13-20(25)7-10-26(11-8-20)18-15-5-2-6-16(15)23-17(24-18)14-4-3-9-21-12-14/h3-4,9,12H,2,5-8,10-11,13H2,1H3,(H,22,27). The number of pyridine rings is 1. The van der Waals surface area contributed by atoms with Crippen LogP contribution in [0.5, 0.6) is 0 Å². The maximum Gasteiger partial charge on any atom is 0.317 e. The quantitative estimate of drug-likeness (QED) is 0.882. The molecule has 7 heteroatoms. The lowest BCUT2D eigenvalue weighted by Gasteiger charge is -2.43. The van der Waals surface area contributed by atoms with Crippen molar-refractivity contribution in [1.29, 1.82) is 0 Å². The fourth-order valence-electron chi connectivity index (χ4n) is 4.64. The molecule has 2 aliphatic heterocycles. The van der Waals surface area contributed by atoms with Crippen LogP contribution in [0.3, 0.4) is 0 Å². The monoisotopic (exact) mass is 364 g/mol. The molecule has 7 nitrogen and oxygen atoms in total. The fraction of sp³-hybridized carbons (Fsp3) is 0.500. The van der Waals surface area contributed by atoms with Crippen LogP contribution in [0, 0.1) is 0 Å². The molecule has 1 N–H and O–H groups in total. The minimum Gasteiger partial charge on any atom is -0.356 e. The van der Waals surface area contributed by atoms with Crippen molar-refractivity contribution >= 4 is 11.8 Å². The molecule has 2 aromatic rings. The van der Waals surface area contributed by atoms with E-state index in [4.69, 9.17) is 9.97 Å². The van der Waals surface area contributed by atoms with Crippen molar-refractivity contribution in [3.05, 3.63) is 35.8 Å². The lowest BCUT2D eigenvalue weighted by Crippen LogP contribution is -2.53. The summed E-state index contributed by atoms with van der Waals surface area (Å²) in [6, 6.07) is 3.99. The van der Waals surface area contributed by atoms with Crippen LogP contribution in [0.4, 0.5) is 10.6 Å². The Morgan fingerprint density at radius 1 is 1.19 bits per heavy atom. The summed E-state index contributed by atoms with van der Waals surface area (Å²) in [6.45, 7) is 2.57. The SMILES string of the molecule is CN1C(=O)NCC12CCN(c1nc(-c3cccnc3)nc3c1CCC3)CC2. The van der Waals surface area contributed by atoms with E-state index in [1.54, 1.807) is 6.20 Å². The molecule has 0 atom stereocenters. The first-order valence-electron chi connectivity index (χ1n) is 9.73. The van der Waals surface area contributed by atoms with Crippen LogP contribution in [-0.2, 0) is 12.8 Å². The molecule has 0 bridgehead atoms. The van der Waals surface area contributed by atoms with E-state index >= 15 is 0 Å². The maximum absolute atomic E-state index is 11.9. The number of aromatic nitrogens is 3. The van der Waals surface area contributed by atoms with Crippen molar-refractivity contribution in [2.45, 2.75) is 37.6 Å². The predicted molar refractivity (Wildman–Crippen MR) is 103 cm³/mol. The number of piperidine rings is 1. The summed E-state index contributed by atoms with van der Waals surface area (Å²) in [6.07, 6.45) is 8.75. The van der Waals surface area contributed by atoms with Crippen LogP contribution in [0.25, 0.3) is 11.4 Å². The van der Waals surface area contributed by atoms with Gasteiger partial charge in [-0.05, 0) is 44.2 Å². The summed E-state index contributed by atoms with van der Waals surface area (Å²) in [5, 5.41) is 2.99. The normalized spacial score (nSPS) is 20.9. The number of hydrogen-bond acceptors (Lipinski definition) is 5. The van der Waals surface area contributed by atoms with Crippen LogP contribution >= 0.6 is 0 Å². The Labute approximate surface area is 158 Å². The first kappa shape index (κ1) is 16.5. The molecule has 2 saturated heterocycles. The third kappa shape index (κ3) is 2.64. The van der Waals surface area contributed by atoms with Crippen LogP contribution in [0.2, 0.25) is 0 Å². The molecule has 1 aliphatic carbocycles. The van der Waals surface area contributed by atoms with Gasteiger partial charge in [-0.15, -0.1) is 0 Å². The molecule has 5 rings (SSSR count). The largest absolute Gasteiger partial charge is 0.356 e. The average molecular weight is 364 g/mol. The Kier molecular flexibility index (Phi) is 3.77. The molecule has 2 amide bonds. The number of nitrogens with zero attached hydrogens (tertiary/aromatic N) is 5. The molecule has 1 spiro atoms. The van der Waals surface area contributed by atoms with Gasteiger partial charge in [-0.3, -0.25) is 4.98 Å². The fourth-order valence-corrected chi connectivity index (χ4v) is 4.64. The molecule has 0 radical (unpaired) electrons. The summed E-state index contributed by atoms with van der Waals surface area (Å²) < 4.78 is 0. The van der Waals surface area contributed by atoms with Crippen molar-refractivity contribution in [3.63, 3.8) is 0 Å². The Balaban J connectivity index is 1.46. The van der Waals surface area contributed by atoms with Gasteiger partial charge in [0.05, 0.1) is 5.54 Å². The molecule has 2 aromatic heterocycles. The Bertz CT molecular complexity index is 876. The highest BCUT2D eigenvalue weighted by Crippen LogP contribution is 2.36. The van der Waals surface area contributed by atoms with Crippen molar-refractivity contribution in [2.75, 3.05) is 31.6 Å². The summed E-state index contributed by atoms with van der Waals surface area (Å²) in [5.74, 6) is 1.86. The van der Waals surface area contributed by atoms with Crippen molar-refractivity contribution in [3.8, 4) is 11.4 Å². The minimum absolute atomic E-state index is 0.0457. The molecule has 2 fully saturated rings. The van der Waals surface area contributed by atoms with E-state index in [-0.39, 0.29) is 11.6 Å². The van der Waals surface area contributed by atoms with Gasteiger partial charge in [-0.2, -0.15) is 0 Å². The lowest BCUT2D eigenvalue weighted by atomic mass is 9.87. The number of hydrogen-bond donors (Lipinski definition) is 1. The van der Waals surface area contributed by atoms with Crippen LogP contribution < -0.4 is 10.2 Å². The molecule has 27 heavy (non-hydrogen) atoms. The molecule has 4 heterocycles. The summed E-state index contributed by atoms with van der Waals surface area (Å²) in [7, 11) is 1.92. The van der Waals surface area contributed by atoms with Crippen molar-refractivity contribution < 1.29 is 4.79 Å². The third-order valence-electron chi connectivity index (χ3n) is 6.41. The number of urea groups is 1. The zero-order valence-electron chi connectivity index (χ0n) is 15.6. The van der Waals surface area contributed by atoms with Crippen LogP contribution in [0.15, 0.2) is 24.5 Å². The maximum atomic E-state index is 11.9. The summed E-state index contributed by atoms with van der Waals surface area (Å²) in [4.78, 5) is 30.2. The van der Waals surface area contributed by atoms with E-state index in [2.05, 4.69) is 15.2 Å². The van der Waals surface area contributed by atoms with E-state index in [1.807, 2.05) is 30.3 Å². The smallest absolute Gasteiger partial charge is 0.317 e. The van der Waals surface area contributed by atoms with Crippen molar-refractivity contribution in [2.24, 2.45) is 0 Å². The predicted octanol–water partition coefficient (Wildman–Crippen LogP) is 2.02. The van der Waals surface area contributed by atoms with Gasteiger partial charge in [0.1, 0.15) is 5.82 Å². The second kappa shape index (κ2) is 6.18. The highest BCUT2D eigenvalue weighted by Gasteiger charge is 2.45. The van der Waals surface area contributed by atoms with E-state index in [1.165, 1.54) is 11.3 Å². The van der Waals surface area contributed by atoms with Crippen LogP contribution in [-0.4, -0.2) is 58.1 Å². The molecule has 0 unspecified atom stereocenters. The van der Waals surface area contributed by atoms with Gasteiger partial charge >= 0.3 is 6.03 Å². The van der Waals surface area contributed by atoms with Crippen LogP contribution in [0.1, 0.15) is 30.5 Å². The van der Waals surface area contributed by atoms with Crippen molar-refractivity contribution in [1.82, 2.24) is 25.2 Å². The molecule has 0 aromatic carbocycles. The highest BCUT2D eigenvalue weighted by molar-refractivity contribution is 5.77. The van der Waals surface area contributed by atoms with Gasteiger partial charge in [0.15, 0.2) is 5.82 Å². The molecule has 0 saturated carbocycles. The molecule has 3 aliphatic rings. The number of carbonyl (C=O) groups is 1. The zero-order valence-corrected chi connectivity index (χ0v) is 15.6. The number of carbonyl (C=O) groups excluding carboxylic acids is 1. The second-order valence-electron chi connectivity index (χ2n) is 7.82. The first-order valence-corrected chi connectivity index (χ1v) is 9.73. The van der Waals surface area contributed by atoms with Gasteiger partial charge in [-0.25, -0.2) is 14.8 Å². The Morgan fingerprint density at radius 3 is 2.74 bits per heavy atom. The number of amides is 2. The van der Waals surface area contributed by atoms with Gasteiger partial charge in [0, 0.05) is 55.9 Å². The van der Waals surface area contributed by atoms with E-state index in [9.17, 15) is 4.79 Å². The number of nitrogens with one attached hydrogen (secondary N) is 1. The summed E-state index contributed by atoms with van der Waals surface area (Å²) in [5.41, 5.74) is 3.42. The molecule has 140 valence electrons. The topological polar surface area (TPSA) is 74.2 Å². The number of anilines is 1. The Morgan fingerprint density at radius 2 is 2.04 bits per heavy atom. The van der Waals surface area contributed by atoms with Gasteiger partial charge in [0.2, 0.25) is 0 Å². The Hall–Kier alpha value is -2.70. The minimum atomic E-state index is -0.0457. The van der Waals surface area contributed by atoms with Gasteiger partial charge in [-0.1, -0.05) is 0 Å². The van der Waals surface area contributed by atoms with E-state index < -0.39 is 0 Å². The molecular weight excluding hydrogens is 340 g/mol. The summed E-state index contributed by atoms with van der Waals surface area (Å²) >= 11 is 0.